The fraction of sp³-hybridized carbons (Fsp3) is 0.462. The second-order valence-electron chi connectivity index (χ2n) is 9.65. The third-order valence-electron chi connectivity index (χ3n) is 7.43. The number of carbonyl (C=O) groups is 2. The van der Waals surface area contributed by atoms with Gasteiger partial charge in [0.25, 0.3) is 0 Å². The zero-order valence-corrected chi connectivity index (χ0v) is 22.4. The van der Waals surface area contributed by atoms with Crippen LogP contribution in [0.3, 0.4) is 0 Å². The van der Waals surface area contributed by atoms with Crippen molar-refractivity contribution in [3.8, 4) is 0 Å². The predicted octanol–water partition coefficient (Wildman–Crippen LogP) is 4.13. The molecule has 3 heterocycles. The highest BCUT2D eigenvalue weighted by Gasteiger charge is 2.40. The Kier molecular flexibility index (Phi) is 6.52. The normalized spacial score (nSPS) is 22.3. The molecule has 2 unspecified atom stereocenters. The van der Waals surface area contributed by atoms with E-state index in [9.17, 15) is 18.0 Å². The first-order valence-electron chi connectivity index (χ1n) is 12.3. The van der Waals surface area contributed by atoms with Crippen LogP contribution in [0.4, 0.5) is 11.4 Å². The smallest absolute Gasteiger partial charge is 0.244 e. The number of hydrogen-bond donors (Lipinski definition) is 0. The highest BCUT2D eigenvalue weighted by Crippen LogP contribution is 2.39. The summed E-state index contributed by atoms with van der Waals surface area (Å²) in [5.74, 6) is -0.411. The van der Waals surface area contributed by atoms with E-state index in [1.165, 1.54) is 4.31 Å². The van der Waals surface area contributed by atoms with Crippen LogP contribution in [0.1, 0.15) is 44.2 Å². The highest BCUT2D eigenvalue weighted by molar-refractivity contribution is 9.10. The van der Waals surface area contributed by atoms with Gasteiger partial charge in [-0.3, -0.25) is 9.59 Å². The summed E-state index contributed by atoms with van der Waals surface area (Å²) in [7, 11) is -3.86. The van der Waals surface area contributed by atoms with Gasteiger partial charge in [0, 0.05) is 47.9 Å². The molecule has 2 amide bonds. The number of fused-ring (bicyclic) bond motifs is 2. The van der Waals surface area contributed by atoms with Gasteiger partial charge in [0.2, 0.25) is 21.8 Å². The first-order valence-corrected chi connectivity index (χ1v) is 14.5. The lowest BCUT2D eigenvalue weighted by atomic mass is 9.97. The van der Waals surface area contributed by atoms with Crippen LogP contribution in [0, 0.1) is 5.92 Å². The second kappa shape index (κ2) is 9.33. The molecule has 0 aliphatic carbocycles. The Morgan fingerprint density at radius 2 is 1.86 bits per heavy atom. The minimum absolute atomic E-state index is 0.00455. The zero-order chi connectivity index (χ0) is 24.9. The topological polar surface area (TPSA) is 78.0 Å². The lowest BCUT2D eigenvalue weighted by molar-refractivity contribution is -0.123. The number of nitrogens with zero attached hydrogens (tertiary/aromatic N) is 3. The maximum absolute atomic E-state index is 13.8. The number of halogens is 1. The van der Waals surface area contributed by atoms with Crippen molar-refractivity contribution in [1.82, 2.24) is 4.31 Å². The van der Waals surface area contributed by atoms with Crippen molar-refractivity contribution in [3.05, 3.63) is 52.0 Å². The second-order valence-corrected chi connectivity index (χ2v) is 12.4. The van der Waals surface area contributed by atoms with Crippen LogP contribution in [0.15, 0.2) is 45.8 Å². The van der Waals surface area contributed by atoms with Gasteiger partial charge in [-0.15, -0.1) is 0 Å². The molecular formula is C26H30BrN3O4S. The molecular weight excluding hydrogens is 530 g/mol. The fourth-order valence-corrected chi connectivity index (χ4v) is 8.23. The van der Waals surface area contributed by atoms with Crippen LogP contribution in [0.2, 0.25) is 0 Å². The molecule has 0 N–H and O–H groups in total. The number of para-hydroxylation sites is 1. The Bertz CT molecular complexity index is 1300. The highest BCUT2D eigenvalue weighted by atomic mass is 79.9. The molecule has 35 heavy (non-hydrogen) atoms. The molecule has 2 aromatic rings. The summed E-state index contributed by atoms with van der Waals surface area (Å²) in [5, 5.41) is 0. The third-order valence-corrected chi connectivity index (χ3v) is 10.3. The summed E-state index contributed by atoms with van der Waals surface area (Å²) < 4.78 is 29.5. The molecule has 1 saturated heterocycles. The van der Waals surface area contributed by atoms with Gasteiger partial charge in [-0.2, -0.15) is 4.31 Å². The van der Waals surface area contributed by atoms with Crippen molar-refractivity contribution in [2.75, 3.05) is 29.4 Å². The minimum atomic E-state index is -3.86. The summed E-state index contributed by atoms with van der Waals surface area (Å²) >= 11 is 3.47. The van der Waals surface area contributed by atoms with E-state index in [2.05, 4.69) is 22.0 Å². The van der Waals surface area contributed by atoms with E-state index < -0.39 is 15.9 Å². The maximum Gasteiger partial charge on any atom is 0.244 e. The SMILES string of the molecule is CCC(=O)N1CCc2cc(Br)c(S(=O)(=O)N3CCCC(C(=O)N4c5ccccc5CC4C)C3)cc21. The molecule has 0 saturated carbocycles. The standard InChI is InChI=1S/C26H30BrN3O4S/c1-3-25(31)29-12-10-19-14-21(27)24(15-23(19)29)35(33,34)28-11-6-8-20(16-28)26(32)30-17(2)13-18-7-4-5-9-22(18)30/h4-5,7,9,14-15,17,20H,3,6,8,10-13,16H2,1-2H3. The number of rotatable bonds is 4. The number of benzene rings is 2. The number of carbonyl (C=O) groups excluding carboxylic acids is 2. The quantitative estimate of drug-likeness (QED) is 0.564. The maximum atomic E-state index is 13.8. The number of hydrogen-bond acceptors (Lipinski definition) is 4. The van der Waals surface area contributed by atoms with Gasteiger partial charge in [0.15, 0.2) is 0 Å². The van der Waals surface area contributed by atoms with E-state index in [0.29, 0.717) is 48.9 Å². The average molecular weight is 561 g/mol. The Labute approximate surface area is 215 Å². The molecule has 7 nitrogen and oxygen atoms in total. The van der Waals surface area contributed by atoms with E-state index >= 15 is 0 Å². The lowest BCUT2D eigenvalue weighted by Gasteiger charge is -2.35. The Hall–Kier alpha value is -2.23. The van der Waals surface area contributed by atoms with Gasteiger partial charge < -0.3 is 9.80 Å². The molecule has 1 fully saturated rings. The Balaban J connectivity index is 1.41. The van der Waals surface area contributed by atoms with Crippen molar-refractivity contribution in [2.24, 2.45) is 5.92 Å². The summed E-state index contributed by atoms with van der Waals surface area (Å²) in [6.45, 7) is 4.95. The van der Waals surface area contributed by atoms with Crippen LogP contribution in [-0.2, 0) is 32.5 Å². The van der Waals surface area contributed by atoms with Gasteiger partial charge in [0.1, 0.15) is 0 Å². The predicted molar refractivity (Wildman–Crippen MR) is 139 cm³/mol. The molecule has 0 bridgehead atoms. The van der Waals surface area contributed by atoms with Gasteiger partial charge in [-0.25, -0.2) is 8.42 Å². The van der Waals surface area contributed by atoms with E-state index in [1.807, 2.05) is 36.1 Å². The van der Waals surface area contributed by atoms with Crippen molar-refractivity contribution in [1.29, 1.82) is 0 Å². The van der Waals surface area contributed by atoms with Crippen LogP contribution in [-0.4, -0.2) is 50.2 Å². The van der Waals surface area contributed by atoms with Crippen molar-refractivity contribution in [2.45, 2.75) is 56.9 Å². The van der Waals surface area contributed by atoms with Gasteiger partial charge >= 0.3 is 0 Å². The first-order chi connectivity index (χ1) is 16.7. The molecule has 9 heteroatoms. The molecule has 186 valence electrons. The van der Waals surface area contributed by atoms with Gasteiger partial charge in [-0.05, 0) is 77.9 Å². The van der Waals surface area contributed by atoms with Crippen LogP contribution in [0.5, 0.6) is 0 Å². The van der Waals surface area contributed by atoms with E-state index in [-0.39, 0.29) is 29.3 Å². The van der Waals surface area contributed by atoms with Crippen LogP contribution in [0.25, 0.3) is 0 Å². The molecule has 2 atom stereocenters. The van der Waals surface area contributed by atoms with Crippen molar-refractivity contribution < 1.29 is 18.0 Å². The van der Waals surface area contributed by atoms with E-state index in [1.54, 1.807) is 17.9 Å². The monoisotopic (exact) mass is 559 g/mol. The van der Waals surface area contributed by atoms with Crippen molar-refractivity contribution in [3.63, 3.8) is 0 Å². The van der Waals surface area contributed by atoms with Crippen LogP contribution < -0.4 is 9.80 Å². The average Bonchev–Trinajstić information content (AvgIpc) is 3.42. The zero-order valence-electron chi connectivity index (χ0n) is 20.0. The number of amides is 2. The summed E-state index contributed by atoms with van der Waals surface area (Å²) in [4.78, 5) is 29.7. The number of sulfonamides is 1. The molecule has 0 radical (unpaired) electrons. The van der Waals surface area contributed by atoms with E-state index in [4.69, 9.17) is 0 Å². The summed E-state index contributed by atoms with van der Waals surface area (Å²) in [5.41, 5.74) is 3.73. The van der Waals surface area contributed by atoms with Crippen LogP contribution >= 0.6 is 15.9 Å². The Morgan fingerprint density at radius 3 is 2.63 bits per heavy atom. The largest absolute Gasteiger partial charge is 0.312 e. The fourth-order valence-electron chi connectivity index (χ4n) is 5.64. The third kappa shape index (κ3) is 4.21. The Morgan fingerprint density at radius 1 is 1.09 bits per heavy atom. The first kappa shape index (κ1) is 24.5. The minimum Gasteiger partial charge on any atom is -0.312 e. The molecule has 3 aliphatic heterocycles. The number of anilines is 2. The van der Waals surface area contributed by atoms with Gasteiger partial charge in [-0.1, -0.05) is 25.1 Å². The summed E-state index contributed by atoms with van der Waals surface area (Å²) in [6.07, 6.45) is 3.18. The lowest BCUT2D eigenvalue weighted by Crippen LogP contribution is -2.48. The molecule has 5 rings (SSSR count). The molecule has 0 spiro atoms. The summed E-state index contributed by atoms with van der Waals surface area (Å²) in [6, 6.07) is 11.4. The van der Waals surface area contributed by atoms with Gasteiger partial charge in [0.05, 0.1) is 10.8 Å². The molecule has 0 aromatic heterocycles. The van der Waals surface area contributed by atoms with Crippen molar-refractivity contribution >= 4 is 49.1 Å². The number of piperidine rings is 1. The molecule has 3 aliphatic rings. The van der Waals surface area contributed by atoms with E-state index in [0.717, 1.165) is 23.2 Å². The molecule has 2 aromatic carbocycles.